The number of aliphatic hydroxyl groups is 1. The topological polar surface area (TPSA) is 51.2 Å². The van der Waals surface area contributed by atoms with Crippen LogP contribution < -0.4 is 5.73 Å². The summed E-state index contributed by atoms with van der Waals surface area (Å²) in [6.07, 6.45) is 3.00. The summed E-state index contributed by atoms with van der Waals surface area (Å²) in [5.74, 6) is 0.373. The summed E-state index contributed by atoms with van der Waals surface area (Å²) in [5, 5.41) is 13.0. The van der Waals surface area contributed by atoms with Crippen LogP contribution in [0.4, 0.5) is 0 Å². The molecule has 0 amide bonds. The number of hydrogen-bond donors (Lipinski definition) is 2. The average molecular weight is 308 g/mol. The van der Waals surface area contributed by atoms with Crippen molar-refractivity contribution in [1.29, 1.82) is 0 Å². The molecule has 0 bridgehead atoms. The van der Waals surface area contributed by atoms with Crippen molar-refractivity contribution in [2.45, 2.75) is 44.9 Å². The lowest BCUT2D eigenvalue weighted by atomic mass is 9.77. The maximum absolute atomic E-state index is 10.5. The molecule has 3 heteroatoms. The molecule has 1 aliphatic rings. The Morgan fingerprint density at radius 2 is 1.87 bits per heavy atom. The zero-order valence-corrected chi connectivity index (χ0v) is 13.6. The fourth-order valence-corrected chi connectivity index (χ4v) is 3.89. The first-order valence-corrected chi connectivity index (χ1v) is 8.65. The van der Waals surface area contributed by atoms with Gasteiger partial charge in [-0.2, -0.15) is 0 Å². The first-order valence-electron chi connectivity index (χ1n) is 8.65. The lowest BCUT2D eigenvalue weighted by Gasteiger charge is -2.33. The van der Waals surface area contributed by atoms with Crippen LogP contribution in [0.5, 0.6) is 0 Å². The van der Waals surface area contributed by atoms with Crippen molar-refractivity contribution in [2.24, 2.45) is 11.7 Å². The molecule has 1 aliphatic carbocycles. The van der Waals surface area contributed by atoms with Crippen LogP contribution in [0.15, 0.2) is 42.5 Å². The fraction of sp³-hybridized carbons (Fsp3) is 0.400. The number of nitrogens with zero attached hydrogens (tertiary/aromatic N) is 1. The molecule has 2 aromatic carbocycles. The molecule has 1 heterocycles. The van der Waals surface area contributed by atoms with E-state index in [1.807, 2.05) is 0 Å². The van der Waals surface area contributed by atoms with E-state index < -0.39 is 6.10 Å². The van der Waals surface area contributed by atoms with E-state index in [4.69, 9.17) is 5.73 Å². The van der Waals surface area contributed by atoms with Crippen molar-refractivity contribution in [3.8, 4) is 0 Å². The molecule has 3 aromatic rings. The number of hydrogen-bond acceptors (Lipinski definition) is 2. The smallest absolute Gasteiger partial charge is 0.0760 e. The molecule has 1 fully saturated rings. The standard InChI is InChI=1S/C20H24N2O/c1-2-22-17-9-4-3-8-15(17)16-12-14(10-11-18(16)22)19(21)20(23)13-6-5-7-13/h3-4,8-13,19-20,23H,2,5-7,21H2,1H3/t19-,20+/m0/s1. The molecule has 0 unspecified atom stereocenters. The SMILES string of the molecule is CCn1c2ccccc2c2cc([C@H](N)[C@H](O)C3CCC3)ccc21. The lowest BCUT2D eigenvalue weighted by molar-refractivity contribution is 0.0414. The molecule has 1 aromatic heterocycles. The number of aryl methyl sites for hydroxylation is 1. The van der Waals surface area contributed by atoms with Gasteiger partial charge in [0.05, 0.1) is 12.1 Å². The van der Waals surface area contributed by atoms with E-state index >= 15 is 0 Å². The zero-order valence-electron chi connectivity index (χ0n) is 13.6. The lowest BCUT2D eigenvalue weighted by Crippen LogP contribution is -2.36. The van der Waals surface area contributed by atoms with Crippen molar-refractivity contribution in [3.63, 3.8) is 0 Å². The second-order valence-electron chi connectivity index (χ2n) is 6.75. The van der Waals surface area contributed by atoms with Crippen LogP contribution in [0.1, 0.15) is 37.8 Å². The van der Waals surface area contributed by atoms with E-state index in [9.17, 15) is 5.11 Å². The highest BCUT2D eigenvalue weighted by Gasteiger charge is 2.30. The van der Waals surface area contributed by atoms with Gasteiger partial charge in [-0.05, 0) is 49.4 Å². The van der Waals surface area contributed by atoms with Crippen LogP contribution in [0.2, 0.25) is 0 Å². The maximum atomic E-state index is 10.5. The monoisotopic (exact) mass is 308 g/mol. The van der Waals surface area contributed by atoms with Crippen LogP contribution >= 0.6 is 0 Å². The summed E-state index contributed by atoms with van der Waals surface area (Å²) in [5.41, 5.74) is 9.90. The Hall–Kier alpha value is -1.84. The van der Waals surface area contributed by atoms with Gasteiger partial charge in [0.15, 0.2) is 0 Å². The van der Waals surface area contributed by atoms with Crippen LogP contribution in [-0.2, 0) is 6.54 Å². The second-order valence-corrected chi connectivity index (χ2v) is 6.75. The van der Waals surface area contributed by atoms with Gasteiger partial charge in [0, 0.05) is 28.4 Å². The van der Waals surface area contributed by atoms with E-state index in [-0.39, 0.29) is 6.04 Å². The fourth-order valence-electron chi connectivity index (χ4n) is 3.89. The quantitative estimate of drug-likeness (QED) is 0.766. The van der Waals surface area contributed by atoms with Gasteiger partial charge < -0.3 is 15.4 Å². The summed E-state index contributed by atoms with van der Waals surface area (Å²) in [7, 11) is 0. The molecule has 23 heavy (non-hydrogen) atoms. The Balaban J connectivity index is 1.82. The van der Waals surface area contributed by atoms with Crippen molar-refractivity contribution >= 4 is 21.8 Å². The number of aliphatic hydroxyl groups excluding tert-OH is 1. The molecular weight excluding hydrogens is 284 g/mol. The Bertz CT molecular complexity index is 847. The van der Waals surface area contributed by atoms with Gasteiger partial charge in [-0.3, -0.25) is 0 Å². The molecule has 0 saturated heterocycles. The number of aromatic nitrogens is 1. The average Bonchev–Trinajstić information content (AvgIpc) is 2.85. The molecule has 0 spiro atoms. The number of para-hydroxylation sites is 1. The van der Waals surface area contributed by atoms with Crippen LogP contribution in [0.3, 0.4) is 0 Å². The Kier molecular flexibility index (Phi) is 3.63. The van der Waals surface area contributed by atoms with Crippen molar-refractivity contribution in [1.82, 2.24) is 4.57 Å². The molecule has 120 valence electrons. The predicted octanol–water partition coefficient (Wildman–Crippen LogP) is 3.98. The largest absolute Gasteiger partial charge is 0.391 e. The molecule has 3 nitrogen and oxygen atoms in total. The van der Waals surface area contributed by atoms with E-state index in [1.54, 1.807) is 0 Å². The molecule has 2 atom stereocenters. The van der Waals surface area contributed by atoms with Crippen molar-refractivity contribution in [3.05, 3.63) is 48.0 Å². The zero-order chi connectivity index (χ0) is 16.0. The van der Waals surface area contributed by atoms with E-state index in [2.05, 4.69) is 54.0 Å². The number of fused-ring (bicyclic) bond motifs is 3. The summed E-state index contributed by atoms with van der Waals surface area (Å²) in [6, 6.07) is 14.6. The Morgan fingerprint density at radius 1 is 1.13 bits per heavy atom. The molecule has 0 aliphatic heterocycles. The van der Waals surface area contributed by atoms with Gasteiger partial charge in [-0.15, -0.1) is 0 Å². The summed E-state index contributed by atoms with van der Waals surface area (Å²) in [6.45, 7) is 3.12. The second kappa shape index (κ2) is 5.66. The molecule has 4 rings (SSSR count). The molecule has 3 N–H and O–H groups in total. The van der Waals surface area contributed by atoms with Gasteiger partial charge in [0.1, 0.15) is 0 Å². The molecule has 0 radical (unpaired) electrons. The van der Waals surface area contributed by atoms with Gasteiger partial charge in [0.2, 0.25) is 0 Å². The van der Waals surface area contributed by atoms with E-state index in [1.165, 1.54) is 28.2 Å². The van der Waals surface area contributed by atoms with Crippen LogP contribution in [0.25, 0.3) is 21.8 Å². The van der Waals surface area contributed by atoms with E-state index in [0.29, 0.717) is 5.92 Å². The van der Waals surface area contributed by atoms with Crippen molar-refractivity contribution < 1.29 is 5.11 Å². The van der Waals surface area contributed by atoms with E-state index in [0.717, 1.165) is 24.9 Å². The maximum Gasteiger partial charge on any atom is 0.0760 e. The molecule has 1 saturated carbocycles. The van der Waals surface area contributed by atoms with Crippen LogP contribution in [0, 0.1) is 5.92 Å². The third-order valence-electron chi connectivity index (χ3n) is 5.50. The third-order valence-corrected chi connectivity index (χ3v) is 5.50. The van der Waals surface area contributed by atoms with Gasteiger partial charge in [-0.25, -0.2) is 0 Å². The first kappa shape index (κ1) is 14.7. The Labute approximate surface area is 136 Å². The Morgan fingerprint density at radius 3 is 2.57 bits per heavy atom. The summed E-state index contributed by atoms with van der Waals surface area (Å²) >= 11 is 0. The summed E-state index contributed by atoms with van der Waals surface area (Å²) < 4.78 is 2.34. The van der Waals surface area contributed by atoms with Crippen LogP contribution in [-0.4, -0.2) is 15.8 Å². The third kappa shape index (κ3) is 2.27. The predicted molar refractivity (Wildman–Crippen MR) is 95.4 cm³/mol. The van der Waals surface area contributed by atoms with Crippen molar-refractivity contribution in [2.75, 3.05) is 0 Å². The summed E-state index contributed by atoms with van der Waals surface area (Å²) in [4.78, 5) is 0. The highest BCUT2D eigenvalue weighted by atomic mass is 16.3. The minimum Gasteiger partial charge on any atom is -0.391 e. The van der Waals surface area contributed by atoms with Gasteiger partial charge in [-0.1, -0.05) is 30.7 Å². The minimum absolute atomic E-state index is 0.298. The van der Waals surface area contributed by atoms with Gasteiger partial charge >= 0.3 is 0 Å². The molecular formula is C20H24N2O. The van der Waals surface area contributed by atoms with Gasteiger partial charge in [0.25, 0.3) is 0 Å². The number of nitrogens with two attached hydrogens (primary N) is 1. The first-order chi connectivity index (χ1) is 11.2. The number of benzene rings is 2. The highest BCUT2D eigenvalue weighted by Crippen LogP contribution is 2.36. The highest BCUT2D eigenvalue weighted by molar-refractivity contribution is 6.08. The minimum atomic E-state index is -0.430. The normalized spacial score (nSPS) is 18.2. The number of rotatable bonds is 4.